The van der Waals surface area contributed by atoms with Gasteiger partial charge in [-0.2, -0.15) is 0 Å². The molecule has 3 aromatic heterocycles. The van der Waals surface area contributed by atoms with Crippen LogP contribution in [0, 0.1) is 0 Å². The lowest BCUT2D eigenvalue weighted by Gasteiger charge is -2.08. The summed E-state index contributed by atoms with van der Waals surface area (Å²) >= 11 is 0. The van der Waals surface area contributed by atoms with Crippen molar-refractivity contribution in [1.82, 2.24) is 15.0 Å². The fourth-order valence-electron chi connectivity index (χ4n) is 4.05. The first-order chi connectivity index (χ1) is 15.8. The zero-order chi connectivity index (χ0) is 21.3. The summed E-state index contributed by atoms with van der Waals surface area (Å²) < 4.78 is 0. The van der Waals surface area contributed by atoms with Crippen LogP contribution in [-0.4, -0.2) is 15.0 Å². The van der Waals surface area contributed by atoms with Gasteiger partial charge in [0.05, 0.1) is 22.4 Å². The van der Waals surface area contributed by atoms with E-state index in [1.807, 2.05) is 30.3 Å². The largest absolute Gasteiger partial charge is 0.265 e. The predicted molar refractivity (Wildman–Crippen MR) is 131 cm³/mol. The summed E-state index contributed by atoms with van der Waals surface area (Å²) in [5.74, 6) is 0. The first kappa shape index (κ1) is 18.4. The molecule has 6 rings (SSSR count). The number of benzene rings is 3. The van der Waals surface area contributed by atoms with Crippen molar-refractivity contribution in [3.05, 3.63) is 116 Å². The second-order valence-corrected chi connectivity index (χ2v) is 7.81. The van der Waals surface area contributed by atoms with Crippen molar-refractivity contribution in [2.75, 3.05) is 0 Å². The van der Waals surface area contributed by atoms with Crippen LogP contribution in [0.3, 0.4) is 0 Å². The van der Waals surface area contributed by atoms with Crippen molar-refractivity contribution >= 4 is 21.8 Å². The zero-order valence-corrected chi connectivity index (χ0v) is 17.3. The second kappa shape index (κ2) is 7.71. The maximum absolute atomic E-state index is 4.93. The Morgan fingerprint density at radius 3 is 1.47 bits per heavy atom. The third kappa shape index (κ3) is 3.40. The number of hydrogen-bond donors (Lipinski definition) is 0. The third-order valence-corrected chi connectivity index (χ3v) is 5.76. The Morgan fingerprint density at radius 1 is 0.406 bits per heavy atom. The van der Waals surface area contributed by atoms with Gasteiger partial charge in [-0.15, -0.1) is 0 Å². The molecule has 3 heteroatoms. The Labute approximate surface area is 186 Å². The van der Waals surface area contributed by atoms with Crippen molar-refractivity contribution in [3.63, 3.8) is 0 Å². The highest BCUT2D eigenvalue weighted by molar-refractivity contribution is 5.90. The number of fused-ring (bicyclic) bond motifs is 2. The molecule has 0 aliphatic heterocycles. The Bertz CT molecular complexity index is 1440. The Morgan fingerprint density at radius 2 is 0.906 bits per heavy atom. The van der Waals surface area contributed by atoms with Gasteiger partial charge in [0.1, 0.15) is 0 Å². The minimum absolute atomic E-state index is 0.949. The standard InChI is InChI=1S/C29H19N3/c1-2-4-20(5-3-1)26-12-10-21-6-8-24(18-28(21)31-26)25-9-7-22-11-13-27(32-29(22)19-25)23-14-16-30-17-15-23/h1-19H. The highest BCUT2D eigenvalue weighted by Gasteiger charge is 2.07. The Balaban J connectivity index is 1.43. The number of aromatic nitrogens is 3. The summed E-state index contributed by atoms with van der Waals surface area (Å²) in [5.41, 5.74) is 8.35. The van der Waals surface area contributed by atoms with Gasteiger partial charge in [-0.3, -0.25) is 4.98 Å². The van der Waals surface area contributed by atoms with Crippen LogP contribution >= 0.6 is 0 Å². The van der Waals surface area contributed by atoms with Gasteiger partial charge in [-0.25, -0.2) is 9.97 Å². The third-order valence-electron chi connectivity index (χ3n) is 5.76. The molecule has 0 unspecified atom stereocenters. The van der Waals surface area contributed by atoms with E-state index in [1.54, 1.807) is 12.4 Å². The second-order valence-electron chi connectivity index (χ2n) is 7.81. The van der Waals surface area contributed by atoms with Gasteiger partial charge in [0.2, 0.25) is 0 Å². The van der Waals surface area contributed by atoms with Gasteiger partial charge in [0.25, 0.3) is 0 Å². The van der Waals surface area contributed by atoms with Crippen LogP contribution in [0.2, 0.25) is 0 Å². The maximum atomic E-state index is 4.93. The average molecular weight is 409 g/mol. The van der Waals surface area contributed by atoms with Gasteiger partial charge >= 0.3 is 0 Å². The molecule has 0 saturated carbocycles. The molecule has 0 aliphatic carbocycles. The Kier molecular flexibility index (Phi) is 4.43. The molecular weight excluding hydrogens is 390 g/mol. The molecule has 0 saturated heterocycles. The number of pyridine rings is 3. The minimum Gasteiger partial charge on any atom is -0.265 e. The van der Waals surface area contributed by atoms with Crippen LogP contribution < -0.4 is 0 Å². The van der Waals surface area contributed by atoms with Crippen LogP contribution in [0.5, 0.6) is 0 Å². The molecule has 0 fully saturated rings. The molecule has 150 valence electrons. The van der Waals surface area contributed by atoms with Gasteiger partial charge in [0, 0.05) is 34.3 Å². The van der Waals surface area contributed by atoms with E-state index in [1.165, 1.54) is 0 Å². The molecule has 3 aromatic carbocycles. The molecule has 0 atom stereocenters. The molecule has 0 N–H and O–H groups in total. The summed E-state index contributed by atoms with van der Waals surface area (Å²) in [6, 6.07) is 35.5. The normalized spacial score (nSPS) is 11.1. The SMILES string of the molecule is c1ccc(-c2ccc3ccc(-c4ccc5ccc(-c6ccncc6)nc5c4)cc3n2)cc1. The molecule has 0 amide bonds. The molecule has 3 heterocycles. The number of rotatable bonds is 3. The lowest BCUT2D eigenvalue weighted by Crippen LogP contribution is -1.88. The van der Waals surface area contributed by atoms with Crippen molar-refractivity contribution in [2.24, 2.45) is 0 Å². The van der Waals surface area contributed by atoms with E-state index in [2.05, 4.69) is 77.8 Å². The lowest BCUT2D eigenvalue weighted by atomic mass is 10.0. The van der Waals surface area contributed by atoms with Gasteiger partial charge in [-0.05, 0) is 47.5 Å². The molecule has 32 heavy (non-hydrogen) atoms. The molecule has 6 aromatic rings. The van der Waals surface area contributed by atoms with Crippen LogP contribution in [0.15, 0.2) is 116 Å². The highest BCUT2D eigenvalue weighted by atomic mass is 14.7. The monoisotopic (exact) mass is 409 g/mol. The van der Waals surface area contributed by atoms with E-state index >= 15 is 0 Å². The quantitative estimate of drug-likeness (QED) is 0.311. The summed E-state index contributed by atoms with van der Waals surface area (Å²) in [6.07, 6.45) is 3.59. The molecule has 0 aliphatic rings. The fraction of sp³-hybridized carbons (Fsp3) is 0. The Hall–Kier alpha value is -4.37. The van der Waals surface area contributed by atoms with Crippen LogP contribution in [0.25, 0.3) is 55.4 Å². The molecule has 0 radical (unpaired) electrons. The van der Waals surface area contributed by atoms with Gasteiger partial charge < -0.3 is 0 Å². The minimum atomic E-state index is 0.949. The predicted octanol–water partition coefficient (Wildman–Crippen LogP) is 7.18. The summed E-state index contributed by atoms with van der Waals surface area (Å²) in [6.45, 7) is 0. The first-order valence-corrected chi connectivity index (χ1v) is 10.6. The zero-order valence-electron chi connectivity index (χ0n) is 17.3. The fourth-order valence-corrected chi connectivity index (χ4v) is 4.05. The molecule has 0 bridgehead atoms. The van der Waals surface area contributed by atoms with Gasteiger partial charge in [0.15, 0.2) is 0 Å². The first-order valence-electron chi connectivity index (χ1n) is 10.6. The van der Waals surface area contributed by atoms with Crippen LogP contribution in [0.1, 0.15) is 0 Å². The van der Waals surface area contributed by atoms with Crippen molar-refractivity contribution in [3.8, 4) is 33.6 Å². The molecular formula is C29H19N3. The van der Waals surface area contributed by atoms with E-state index in [4.69, 9.17) is 9.97 Å². The van der Waals surface area contributed by atoms with Crippen LogP contribution in [0.4, 0.5) is 0 Å². The van der Waals surface area contributed by atoms with E-state index in [0.29, 0.717) is 0 Å². The van der Waals surface area contributed by atoms with E-state index < -0.39 is 0 Å². The summed E-state index contributed by atoms with van der Waals surface area (Å²) in [4.78, 5) is 13.9. The summed E-state index contributed by atoms with van der Waals surface area (Å²) in [5, 5.41) is 2.25. The lowest BCUT2D eigenvalue weighted by molar-refractivity contribution is 1.31. The van der Waals surface area contributed by atoms with E-state index in [-0.39, 0.29) is 0 Å². The maximum Gasteiger partial charge on any atom is 0.0715 e. The number of hydrogen-bond acceptors (Lipinski definition) is 3. The van der Waals surface area contributed by atoms with Crippen molar-refractivity contribution in [1.29, 1.82) is 0 Å². The smallest absolute Gasteiger partial charge is 0.0715 e. The van der Waals surface area contributed by atoms with Crippen molar-refractivity contribution < 1.29 is 0 Å². The molecule has 0 spiro atoms. The van der Waals surface area contributed by atoms with Crippen molar-refractivity contribution in [2.45, 2.75) is 0 Å². The van der Waals surface area contributed by atoms with Gasteiger partial charge in [-0.1, -0.05) is 66.7 Å². The van der Waals surface area contributed by atoms with E-state index in [0.717, 1.165) is 55.4 Å². The van der Waals surface area contributed by atoms with Crippen LogP contribution in [-0.2, 0) is 0 Å². The van der Waals surface area contributed by atoms with E-state index in [9.17, 15) is 0 Å². The molecule has 3 nitrogen and oxygen atoms in total. The topological polar surface area (TPSA) is 38.7 Å². The summed E-state index contributed by atoms with van der Waals surface area (Å²) in [7, 11) is 0. The average Bonchev–Trinajstić information content (AvgIpc) is 2.88. The highest BCUT2D eigenvalue weighted by Crippen LogP contribution is 2.29. The number of nitrogens with zero attached hydrogens (tertiary/aromatic N) is 3.